The number of rotatable bonds is 3. The van der Waals surface area contributed by atoms with Crippen LogP contribution in [-0.2, 0) is 0 Å². The van der Waals surface area contributed by atoms with Crippen molar-refractivity contribution in [2.45, 2.75) is 0 Å². The van der Waals surface area contributed by atoms with Crippen molar-refractivity contribution in [1.29, 1.82) is 0 Å². The second-order valence-corrected chi connectivity index (χ2v) is 5.93. The van der Waals surface area contributed by atoms with E-state index in [-0.39, 0.29) is 10.6 Å². The minimum atomic E-state index is -0.444. The second-order valence-electron chi connectivity index (χ2n) is 3.78. The van der Waals surface area contributed by atoms with Gasteiger partial charge in [0.25, 0.3) is 0 Å². The topological polar surface area (TPSA) is 38.0 Å². The van der Waals surface area contributed by atoms with E-state index in [9.17, 15) is 4.39 Å². The predicted octanol–water partition coefficient (Wildman–Crippen LogP) is 4.73. The molecule has 0 radical (unpaired) electrons. The number of hydrogen-bond acceptors (Lipinski definition) is 2. The molecule has 0 fully saturated rings. The molecule has 0 aliphatic heterocycles. The normalized spacial score (nSPS) is 10.3. The fourth-order valence-corrected chi connectivity index (χ4v) is 2.92. The van der Waals surface area contributed by atoms with Gasteiger partial charge in [-0.1, -0.05) is 18.3 Å². The van der Waals surface area contributed by atoms with Gasteiger partial charge in [-0.25, -0.2) is 4.39 Å². The van der Waals surface area contributed by atoms with Crippen molar-refractivity contribution in [3.63, 3.8) is 0 Å². The van der Waals surface area contributed by atoms with Gasteiger partial charge in [-0.2, -0.15) is 0 Å². The zero-order valence-corrected chi connectivity index (χ0v) is 13.6. The Labute approximate surface area is 132 Å². The number of nitrogens with two attached hydrogens (primary N) is 1. The summed E-state index contributed by atoms with van der Waals surface area (Å²) in [6, 6.07) is 10.3. The van der Waals surface area contributed by atoms with Crippen LogP contribution >= 0.6 is 44.1 Å². The highest BCUT2D eigenvalue weighted by Gasteiger charge is 2.08. The fourth-order valence-electron chi connectivity index (χ4n) is 1.55. The molecule has 2 rings (SSSR count). The van der Waals surface area contributed by atoms with Crippen LogP contribution in [-0.4, -0.2) is 4.99 Å². The van der Waals surface area contributed by atoms with Crippen molar-refractivity contribution in [2.75, 3.05) is 5.32 Å². The van der Waals surface area contributed by atoms with Crippen LogP contribution in [0.5, 0.6) is 0 Å². The van der Waals surface area contributed by atoms with Gasteiger partial charge in [0.1, 0.15) is 10.8 Å². The van der Waals surface area contributed by atoms with E-state index in [1.54, 1.807) is 12.1 Å². The zero-order chi connectivity index (χ0) is 14.0. The molecule has 0 bridgehead atoms. The highest BCUT2D eigenvalue weighted by Crippen LogP contribution is 2.33. The van der Waals surface area contributed by atoms with Gasteiger partial charge < -0.3 is 11.1 Å². The summed E-state index contributed by atoms with van der Waals surface area (Å²) in [4.78, 5) is 0.0473. The first kappa shape index (κ1) is 14.4. The number of hydrogen-bond donors (Lipinski definition) is 2. The van der Waals surface area contributed by atoms with E-state index in [0.717, 1.165) is 14.6 Å². The maximum Gasteiger partial charge on any atom is 0.135 e. The first-order valence-corrected chi connectivity index (χ1v) is 7.29. The van der Waals surface area contributed by atoms with Gasteiger partial charge in [-0.15, -0.1) is 0 Å². The predicted molar refractivity (Wildman–Crippen MR) is 87.4 cm³/mol. The fraction of sp³-hybridized carbons (Fsp3) is 0. The summed E-state index contributed by atoms with van der Waals surface area (Å²) in [6.45, 7) is 0. The van der Waals surface area contributed by atoms with Crippen LogP contribution in [0.2, 0.25) is 0 Å². The number of thiocarbonyl (C=S) groups is 1. The summed E-state index contributed by atoms with van der Waals surface area (Å²) in [5.41, 5.74) is 7.10. The van der Waals surface area contributed by atoms with Gasteiger partial charge in [-0.3, -0.25) is 0 Å². The van der Waals surface area contributed by atoms with Crippen LogP contribution in [0.25, 0.3) is 0 Å². The molecule has 2 aromatic rings. The molecule has 0 aliphatic rings. The lowest BCUT2D eigenvalue weighted by atomic mass is 10.2. The van der Waals surface area contributed by atoms with Crippen molar-refractivity contribution >= 4 is 60.4 Å². The van der Waals surface area contributed by atoms with Gasteiger partial charge in [0, 0.05) is 20.2 Å². The Morgan fingerprint density at radius 3 is 2.32 bits per heavy atom. The first-order valence-electron chi connectivity index (χ1n) is 5.29. The molecular weight excluding hydrogens is 395 g/mol. The molecule has 0 heterocycles. The van der Waals surface area contributed by atoms with E-state index >= 15 is 0 Å². The molecule has 0 saturated carbocycles. The van der Waals surface area contributed by atoms with Crippen LogP contribution in [0.1, 0.15) is 5.56 Å². The van der Waals surface area contributed by atoms with Gasteiger partial charge in [0.05, 0.1) is 5.69 Å². The average molecular weight is 404 g/mol. The quantitative estimate of drug-likeness (QED) is 0.727. The Balaban J connectivity index is 2.34. The number of benzene rings is 2. The Hall–Kier alpha value is -0.980. The largest absolute Gasteiger partial charge is 0.389 e. The number of anilines is 2. The lowest BCUT2D eigenvalue weighted by Gasteiger charge is -2.11. The van der Waals surface area contributed by atoms with Crippen molar-refractivity contribution in [2.24, 2.45) is 5.73 Å². The Kier molecular flexibility index (Phi) is 4.54. The SMILES string of the molecule is NC(=S)c1ccc(Nc2c(Br)cccc2Br)cc1F. The third-order valence-corrected chi connectivity index (χ3v) is 4.01. The third-order valence-electron chi connectivity index (χ3n) is 2.47. The monoisotopic (exact) mass is 402 g/mol. The standard InChI is InChI=1S/C13H9Br2FN2S/c14-9-2-1-3-10(15)12(9)18-7-4-5-8(13(17)19)11(16)6-7/h1-6,18H,(H2,17,19). The molecule has 0 atom stereocenters. The molecule has 2 aromatic carbocycles. The molecule has 0 unspecified atom stereocenters. The maximum atomic E-state index is 13.8. The van der Waals surface area contributed by atoms with E-state index < -0.39 is 5.82 Å². The van der Waals surface area contributed by atoms with E-state index in [1.807, 2.05) is 18.2 Å². The molecule has 0 aromatic heterocycles. The molecule has 19 heavy (non-hydrogen) atoms. The second kappa shape index (κ2) is 5.98. The average Bonchev–Trinajstić information content (AvgIpc) is 2.33. The smallest absolute Gasteiger partial charge is 0.135 e. The summed E-state index contributed by atoms with van der Waals surface area (Å²) in [5.74, 6) is -0.444. The third kappa shape index (κ3) is 3.32. The van der Waals surface area contributed by atoms with E-state index in [0.29, 0.717) is 5.69 Å². The Bertz CT molecular complexity index is 626. The van der Waals surface area contributed by atoms with E-state index in [1.165, 1.54) is 6.07 Å². The maximum absolute atomic E-state index is 13.8. The summed E-state index contributed by atoms with van der Waals surface area (Å²) in [6.07, 6.45) is 0. The number of halogens is 3. The summed E-state index contributed by atoms with van der Waals surface area (Å²) >= 11 is 11.6. The lowest BCUT2D eigenvalue weighted by molar-refractivity contribution is 0.626. The van der Waals surface area contributed by atoms with Crippen molar-refractivity contribution in [1.82, 2.24) is 0 Å². The molecule has 3 N–H and O–H groups in total. The summed E-state index contributed by atoms with van der Waals surface area (Å²) in [5, 5.41) is 3.13. The van der Waals surface area contributed by atoms with Crippen molar-refractivity contribution < 1.29 is 4.39 Å². The molecule has 98 valence electrons. The Morgan fingerprint density at radius 2 is 1.79 bits per heavy atom. The number of nitrogens with one attached hydrogen (secondary N) is 1. The highest BCUT2D eigenvalue weighted by molar-refractivity contribution is 9.11. The van der Waals surface area contributed by atoms with Crippen LogP contribution < -0.4 is 11.1 Å². The highest BCUT2D eigenvalue weighted by atomic mass is 79.9. The molecular formula is C13H9Br2FN2S. The van der Waals surface area contributed by atoms with Crippen molar-refractivity contribution in [3.05, 3.63) is 56.7 Å². The lowest BCUT2D eigenvalue weighted by Crippen LogP contribution is -2.11. The molecule has 0 spiro atoms. The minimum Gasteiger partial charge on any atom is -0.389 e. The van der Waals surface area contributed by atoms with Crippen LogP contribution in [0.4, 0.5) is 15.8 Å². The minimum absolute atomic E-state index is 0.0473. The van der Waals surface area contributed by atoms with Gasteiger partial charge >= 0.3 is 0 Å². The summed E-state index contributed by atoms with van der Waals surface area (Å²) in [7, 11) is 0. The molecule has 0 aliphatic carbocycles. The number of para-hydroxylation sites is 1. The summed E-state index contributed by atoms with van der Waals surface area (Å²) < 4.78 is 15.5. The van der Waals surface area contributed by atoms with Gasteiger partial charge in [0.15, 0.2) is 0 Å². The van der Waals surface area contributed by atoms with Crippen LogP contribution in [0.3, 0.4) is 0 Å². The van der Waals surface area contributed by atoms with Crippen molar-refractivity contribution in [3.8, 4) is 0 Å². The molecule has 2 nitrogen and oxygen atoms in total. The zero-order valence-electron chi connectivity index (χ0n) is 9.58. The molecule has 0 saturated heterocycles. The van der Waals surface area contributed by atoms with E-state index in [2.05, 4.69) is 37.2 Å². The van der Waals surface area contributed by atoms with Crippen LogP contribution in [0.15, 0.2) is 45.3 Å². The Morgan fingerprint density at radius 1 is 1.16 bits per heavy atom. The first-order chi connectivity index (χ1) is 8.99. The van der Waals surface area contributed by atoms with Crippen LogP contribution in [0, 0.1) is 5.82 Å². The van der Waals surface area contributed by atoms with Gasteiger partial charge in [-0.05, 0) is 62.2 Å². The van der Waals surface area contributed by atoms with E-state index in [4.69, 9.17) is 18.0 Å². The molecule has 6 heteroatoms. The van der Waals surface area contributed by atoms with Gasteiger partial charge in [0.2, 0.25) is 0 Å². The molecule has 0 amide bonds.